The van der Waals surface area contributed by atoms with E-state index in [1.165, 1.54) is 0 Å². The Kier molecular flexibility index (Phi) is 3.74. The molecule has 1 saturated carbocycles. The Morgan fingerprint density at radius 2 is 2.11 bits per heavy atom. The SMILES string of the molecule is COc1c(C)cc(Cl)cc1N(C)CC1(CO)CC1. The van der Waals surface area contributed by atoms with Crippen molar-refractivity contribution in [2.75, 3.05) is 32.2 Å². The molecule has 4 heteroatoms. The molecule has 1 aromatic carbocycles. The van der Waals surface area contributed by atoms with Crippen molar-refractivity contribution in [2.24, 2.45) is 5.41 Å². The molecule has 0 spiro atoms. The molecule has 1 aliphatic rings. The molecule has 1 N–H and O–H groups in total. The topological polar surface area (TPSA) is 32.7 Å². The summed E-state index contributed by atoms with van der Waals surface area (Å²) < 4.78 is 5.46. The molecule has 1 fully saturated rings. The van der Waals surface area contributed by atoms with Gasteiger partial charge < -0.3 is 14.7 Å². The van der Waals surface area contributed by atoms with E-state index in [9.17, 15) is 5.11 Å². The standard InChI is InChI=1S/C14H20ClNO2/c1-10-6-11(15)7-12(13(10)18-3)16(2)8-14(9-17)4-5-14/h6-7,17H,4-5,8-9H2,1-3H3. The fourth-order valence-electron chi connectivity index (χ4n) is 2.39. The van der Waals surface area contributed by atoms with Gasteiger partial charge >= 0.3 is 0 Å². The zero-order valence-corrected chi connectivity index (χ0v) is 11.9. The van der Waals surface area contributed by atoms with Crippen LogP contribution in [0.15, 0.2) is 12.1 Å². The van der Waals surface area contributed by atoms with E-state index in [2.05, 4.69) is 4.90 Å². The number of aliphatic hydroxyl groups is 1. The zero-order valence-electron chi connectivity index (χ0n) is 11.2. The minimum absolute atomic E-state index is 0.0793. The second-order valence-corrected chi connectivity index (χ2v) is 5.73. The van der Waals surface area contributed by atoms with Crippen molar-refractivity contribution in [1.29, 1.82) is 0 Å². The van der Waals surface area contributed by atoms with Gasteiger partial charge in [0.1, 0.15) is 5.75 Å². The summed E-state index contributed by atoms with van der Waals surface area (Å²) in [5.41, 5.74) is 2.10. The number of benzene rings is 1. The lowest BCUT2D eigenvalue weighted by Crippen LogP contribution is -2.29. The van der Waals surface area contributed by atoms with Gasteiger partial charge in [0.25, 0.3) is 0 Å². The molecular weight excluding hydrogens is 250 g/mol. The first kappa shape index (κ1) is 13.5. The van der Waals surface area contributed by atoms with Crippen LogP contribution in [0.25, 0.3) is 0 Å². The third-order valence-corrected chi connectivity index (χ3v) is 3.92. The molecule has 0 amide bonds. The number of methoxy groups -OCH3 is 1. The van der Waals surface area contributed by atoms with Gasteiger partial charge in [-0.05, 0) is 37.5 Å². The summed E-state index contributed by atoms with van der Waals surface area (Å²) in [6.07, 6.45) is 2.19. The molecule has 18 heavy (non-hydrogen) atoms. The van der Waals surface area contributed by atoms with Crippen molar-refractivity contribution < 1.29 is 9.84 Å². The number of aliphatic hydroxyl groups excluding tert-OH is 1. The molecule has 0 saturated heterocycles. The van der Waals surface area contributed by atoms with Crippen LogP contribution in [-0.2, 0) is 0 Å². The van der Waals surface area contributed by atoms with Crippen molar-refractivity contribution in [3.63, 3.8) is 0 Å². The van der Waals surface area contributed by atoms with Crippen LogP contribution in [0.2, 0.25) is 5.02 Å². The van der Waals surface area contributed by atoms with Crippen LogP contribution in [0.5, 0.6) is 5.75 Å². The van der Waals surface area contributed by atoms with E-state index in [-0.39, 0.29) is 12.0 Å². The Morgan fingerprint density at radius 3 is 2.61 bits per heavy atom. The van der Waals surface area contributed by atoms with Crippen LogP contribution >= 0.6 is 11.6 Å². The van der Waals surface area contributed by atoms with Crippen LogP contribution in [0.3, 0.4) is 0 Å². The summed E-state index contributed by atoms with van der Waals surface area (Å²) in [4.78, 5) is 2.13. The third-order valence-electron chi connectivity index (χ3n) is 3.70. The van der Waals surface area contributed by atoms with Crippen LogP contribution in [0.1, 0.15) is 18.4 Å². The van der Waals surface area contributed by atoms with Crippen molar-refractivity contribution in [2.45, 2.75) is 19.8 Å². The van der Waals surface area contributed by atoms with Gasteiger partial charge in [0, 0.05) is 24.0 Å². The average molecular weight is 270 g/mol. The summed E-state index contributed by atoms with van der Waals surface area (Å²) in [5.74, 6) is 0.857. The monoisotopic (exact) mass is 269 g/mol. The molecule has 2 rings (SSSR count). The highest BCUT2D eigenvalue weighted by Crippen LogP contribution is 2.47. The second-order valence-electron chi connectivity index (χ2n) is 5.29. The zero-order chi connectivity index (χ0) is 13.3. The van der Waals surface area contributed by atoms with E-state index >= 15 is 0 Å². The summed E-state index contributed by atoms with van der Waals surface area (Å²) in [6, 6.07) is 3.82. The van der Waals surface area contributed by atoms with Gasteiger partial charge in [-0.1, -0.05) is 11.6 Å². The van der Waals surface area contributed by atoms with Crippen LogP contribution in [-0.4, -0.2) is 32.4 Å². The Bertz CT molecular complexity index is 444. The molecule has 1 aromatic rings. The Balaban J connectivity index is 2.26. The first-order chi connectivity index (χ1) is 8.51. The van der Waals surface area contributed by atoms with E-state index < -0.39 is 0 Å². The first-order valence-corrected chi connectivity index (χ1v) is 6.55. The molecule has 0 unspecified atom stereocenters. The van der Waals surface area contributed by atoms with Gasteiger partial charge in [-0.2, -0.15) is 0 Å². The van der Waals surface area contributed by atoms with E-state index in [0.717, 1.165) is 36.4 Å². The number of halogens is 1. The van der Waals surface area contributed by atoms with E-state index in [0.29, 0.717) is 5.02 Å². The number of hydrogen-bond donors (Lipinski definition) is 1. The van der Waals surface area contributed by atoms with Crippen molar-refractivity contribution in [3.05, 3.63) is 22.7 Å². The molecule has 0 aliphatic heterocycles. The molecule has 1 aliphatic carbocycles. The van der Waals surface area contributed by atoms with Gasteiger partial charge in [0.15, 0.2) is 0 Å². The van der Waals surface area contributed by atoms with E-state index in [4.69, 9.17) is 16.3 Å². The molecule has 3 nitrogen and oxygen atoms in total. The molecule has 0 bridgehead atoms. The maximum absolute atomic E-state index is 9.40. The first-order valence-electron chi connectivity index (χ1n) is 6.17. The van der Waals surface area contributed by atoms with Crippen LogP contribution < -0.4 is 9.64 Å². The van der Waals surface area contributed by atoms with Crippen molar-refractivity contribution >= 4 is 17.3 Å². The summed E-state index contributed by atoms with van der Waals surface area (Å²) in [5, 5.41) is 10.1. The van der Waals surface area contributed by atoms with Gasteiger partial charge in [0.05, 0.1) is 19.4 Å². The minimum Gasteiger partial charge on any atom is -0.494 e. The summed E-state index contributed by atoms with van der Waals surface area (Å²) in [7, 11) is 3.69. The van der Waals surface area contributed by atoms with E-state index in [1.807, 2.05) is 26.1 Å². The summed E-state index contributed by atoms with van der Waals surface area (Å²) in [6.45, 7) is 3.07. The Hall–Kier alpha value is -0.930. The highest BCUT2D eigenvalue weighted by molar-refractivity contribution is 6.31. The number of anilines is 1. The molecule has 100 valence electrons. The highest BCUT2D eigenvalue weighted by atomic mass is 35.5. The lowest BCUT2D eigenvalue weighted by atomic mass is 10.1. The van der Waals surface area contributed by atoms with Crippen LogP contribution in [0.4, 0.5) is 5.69 Å². The number of nitrogens with zero attached hydrogens (tertiary/aromatic N) is 1. The third kappa shape index (κ3) is 2.57. The van der Waals surface area contributed by atoms with Crippen molar-refractivity contribution in [3.8, 4) is 5.75 Å². The molecule has 0 atom stereocenters. The largest absolute Gasteiger partial charge is 0.494 e. The summed E-state index contributed by atoms with van der Waals surface area (Å²) >= 11 is 6.11. The molecular formula is C14H20ClNO2. The molecule has 0 heterocycles. The number of ether oxygens (including phenoxy) is 1. The number of hydrogen-bond acceptors (Lipinski definition) is 3. The van der Waals surface area contributed by atoms with Gasteiger partial charge in [0.2, 0.25) is 0 Å². The lowest BCUT2D eigenvalue weighted by Gasteiger charge is -2.27. The predicted molar refractivity (Wildman–Crippen MR) is 74.8 cm³/mol. The van der Waals surface area contributed by atoms with Crippen LogP contribution in [0, 0.1) is 12.3 Å². The van der Waals surface area contributed by atoms with E-state index in [1.54, 1.807) is 7.11 Å². The van der Waals surface area contributed by atoms with Crippen molar-refractivity contribution in [1.82, 2.24) is 0 Å². The minimum atomic E-state index is 0.0793. The normalized spacial score (nSPS) is 16.5. The predicted octanol–water partition coefficient (Wildman–Crippen LogP) is 2.87. The van der Waals surface area contributed by atoms with Gasteiger partial charge in [-0.3, -0.25) is 0 Å². The Morgan fingerprint density at radius 1 is 1.44 bits per heavy atom. The lowest BCUT2D eigenvalue weighted by molar-refractivity contribution is 0.215. The molecule has 0 radical (unpaired) electrons. The smallest absolute Gasteiger partial charge is 0.145 e. The maximum atomic E-state index is 9.40. The fourth-order valence-corrected chi connectivity index (χ4v) is 2.66. The van der Waals surface area contributed by atoms with Gasteiger partial charge in [-0.15, -0.1) is 0 Å². The van der Waals surface area contributed by atoms with Gasteiger partial charge in [-0.25, -0.2) is 0 Å². The average Bonchev–Trinajstić information content (AvgIpc) is 3.08. The quantitative estimate of drug-likeness (QED) is 0.892. The number of aryl methyl sites for hydroxylation is 1. The maximum Gasteiger partial charge on any atom is 0.145 e. The Labute approximate surface area is 113 Å². The fraction of sp³-hybridized carbons (Fsp3) is 0.571. The number of rotatable bonds is 5. The highest BCUT2D eigenvalue weighted by Gasteiger charge is 2.43. The molecule has 0 aromatic heterocycles. The second kappa shape index (κ2) is 4.98.